The highest BCUT2D eigenvalue weighted by Crippen LogP contribution is 2.15. The Bertz CT molecular complexity index is 556. The van der Waals surface area contributed by atoms with Crippen molar-refractivity contribution in [2.75, 3.05) is 0 Å². The van der Waals surface area contributed by atoms with Gasteiger partial charge < -0.3 is 25.0 Å². The topological polar surface area (TPSA) is 102 Å². The van der Waals surface area contributed by atoms with Gasteiger partial charge in [0.15, 0.2) is 5.76 Å². The van der Waals surface area contributed by atoms with Crippen molar-refractivity contribution in [3.05, 3.63) is 47.3 Å². The van der Waals surface area contributed by atoms with Gasteiger partial charge in [-0.05, 0) is 31.2 Å². The Kier molecular flexibility index (Phi) is 4.03. The summed E-state index contributed by atoms with van der Waals surface area (Å²) < 4.78 is 10.6. The fourth-order valence-electron chi connectivity index (χ4n) is 1.58. The molecule has 0 aromatic carbocycles. The molecule has 0 saturated carbocycles. The van der Waals surface area contributed by atoms with Crippen molar-refractivity contribution in [2.24, 2.45) is 5.73 Å². The SMILES string of the molecule is CC(O)c1ccc(C(=O)NCc2ccc(CN)o2)o1. The van der Waals surface area contributed by atoms with E-state index in [0.29, 0.717) is 23.8 Å². The number of hydrogen-bond donors (Lipinski definition) is 3. The Morgan fingerprint density at radius 2 is 2.05 bits per heavy atom. The lowest BCUT2D eigenvalue weighted by Crippen LogP contribution is -2.21. The van der Waals surface area contributed by atoms with E-state index < -0.39 is 6.10 Å². The van der Waals surface area contributed by atoms with E-state index in [0.717, 1.165) is 0 Å². The van der Waals surface area contributed by atoms with Crippen LogP contribution >= 0.6 is 0 Å². The second-order valence-electron chi connectivity index (χ2n) is 4.13. The van der Waals surface area contributed by atoms with Crippen molar-refractivity contribution in [3.63, 3.8) is 0 Å². The lowest BCUT2D eigenvalue weighted by Gasteiger charge is -2.01. The molecule has 0 aliphatic heterocycles. The van der Waals surface area contributed by atoms with Crippen LogP contribution in [-0.4, -0.2) is 11.0 Å². The van der Waals surface area contributed by atoms with Gasteiger partial charge in [0, 0.05) is 0 Å². The molecule has 1 amide bonds. The number of aliphatic hydroxyl groups is 1. The maximum atomic E-state index is 11.8. The average Bonchev–Trinajstić information content (AvgIpc) is 3.04. The highest BCUT2D eigenvalue weighted by molar-refractivity contribution is 5.91. The van der Waals surface area contributed by atoms with Crippen LogP contribution in [0.2, 0.25) is 0 Å². The van der Waals surface area contributed by atoms with E-state index in [1.165, 1.54) is 6.07 Å². The minimum atomic E-state index is -0.737. The predicted molar refractivity (Wildman–Crippen MR) is 67.1 cm³/mol. The lowest BCUT2D eigenvalue weighted by molar-refractivity contribution is 0.0910. The second-order valence-corrected chi connectivity index (χ2v) is 4.13. The molecule has 6 nitrogen and oxygen atoms in total. The minimum absolute atomic E-state index is 0.154. The van der Waals surface area contributed by atoms with Gasteiger partial charge in [-0.25, -0.2) is 0 Å². The van der Waals surface area contributed by atoms with Gasteiger partial charge in [-0.3, -0.25) is 4.79 Å². The zero-order valence-corrected chi connectivity index (χ0v) is 10.6. The summed E-state index contributed by atoms with van der Waals surface area (Å²) in [6, 6.07) is 6.61. The predicted octanol–water partition coefficient (Wildman–Crippen LogP) is 1.31. The summed E-state index contributed by atoms with van der Waals surface area (Å²) in [5, 5.41) is 12.0. The van der Waals surface area contributed by atoms with Gasteiger partial charge in [0.05, 0.1) is 13.1 Å². The molecule has 4 N–H and O–H groups in total. The largest absolute Gasteiger partial charge is 0.463 e. The number of rotatable bonds is 5. The van der Waals surface area contributed by atoms with Crippen molar-refractivity contribution < 1.29 is 18.7 Å². The number of nitrogens with two attached hydrogens (primary N) is 1. The Hall–Kier alpha value is -2.05. The van der Waals surface area contributed by atoms with E-state index >= 15 is 0 Å². The summed E-state index contributed by atoms with van der Waals surface area (Å²) >= 11 is 0. The van der Waals surface area contributed by atoms with Crippen LogP contribution in [0.3, 0.4) is 0 Å². The summed E-state index contributed by atoms with van der Waals surface area (Å²) in [5.41, 5.74) is 5.42. The van der Waals surface area contributed by atoms with Gasteiger partial charge in [-0.15, -0.1) is 0 Å². The van der Waals surface area contributed by atoms with E-state index in [1.807, 2.05) is 0 Å². The molecule has 0 fully saturated rings. The molecule has 2 aromatic heterocycles. The van der Waals surface area contributed by atoms with Crippen molar-refractivity contribution in [1.29, 1.82) is 0 Å². The van der Waals surface area contributed by atoms with E-state index in [2.05, 4.69) is 5.32 Å². The van der Waals surface area contributed by atoms with Crippen LogP contribution in [0.4, 0.5) is 0 Å². The highest BCUT2D eigenvalue weighted by atomic mass is 16.4. The molecule has 2 rings (SSSR count). The zero-order chi connectivity index (χ0) is 13.8. The summed E-state index contributed by atoms with van der Waals surface area (Å²) in [6.07, 6.45) is -0.737. The number of amides is 1. The van der Waals surface area contributed by atoms with Crippen molar-refractivity contribution in [1.82, 2.24) is 5.32 Å². The Morgan fingerprint density at radius 1 is 1.32 bits per heavy atom. The number of hydrogen-bond acceptors (Lipinski definition) is 5. The Labute approximate surface area is 110 Å². The molecule has 102 valence electrons. The monoisotopic (exact) mass is 264 g/mol. The first-order valence-corrected chi connectivity index (χ1v) is 5.94. The van der Waals surface area contributed by atoms with Crippen LogP contribution in [0.5, 0.6) is 0 Å². The molecule has 1 unspecified atom stereocenters. The first kappa shape index (κ1) is 13.4. The third kappa shape index (κ3) is 3.24. The second kappa shape index (κ2) is 5.73. The molecule has 0 radical (unpaired) electrons. The molecule has 2 heterocycles. The van der Waals surface area contributed by atoms with Gasteiger partial charge in [0.1, 0.15) is 23.4 Å². The van der Waals surface area contributed by atoms with Crippen LogP contribution < -0.4 is 11.1 Å². The van der Waals surface area contributed by atoms with E-state index in [4.69, 9.17) is 14.6 Å². The summed E-state index contributed by atoms with van der Waals surface area (Å²) in [7, 11) is 0. The number of carbonyl (C=O) groups excluding carboxylic acids is 1. The standard InChI is InChI=1S/C13H16N2O4/c1-8(16)11-4-5-12(19-11)13(17)15-7-10-3-2-9(6-14)18-10/h2-5,8,16H,6-7,14H2,1H3,(H,15,17). The molecule has 1 atom stereocenters. The van der Waals surface area contributed by atoms with Crippen LogP contribution in [0.25, 0.3) is 0 Å². The lowest BCUT2D eigenvalue weighted by atomic mass is 10.3. The minimum Gasteiger partial charge on any atom is -0.463 e. The van der Waals surface area contributed by atoms with Crippen LogP contribution in [0.1, 0.15) is 40.9 Å². The molecular weight excluding hydrogens is 248 g/mol. The number of carbonyl (C=O) groups is 1. The molecule has 6 heteroatoms. The van der Waals surface area contributed by atoms with Gasteiger partial charge >= 0.3 is 0 Å². The van der Waals surface area contributed by atoms with Crippen LogP contribution in [0, 0.1) is 0 Å². The zero-order valence-electron chi connectivity index (χ0n) is 10.6. The summed E-state index contributed by atoms with van der Waals surface area (Å²) in [4.78, 5) is 11.8. The first-order valence-electron chi connectivity index (χ1n) is 5.94. The smallest absolute Gasteiger partial charge is 0.287 e. The maximum Gasteiger partial charge on any atom is 0.287 e. The fourth-order valence-corrected chi connectivity index (χ4v) is 1.58. The summed E-state index contributed by atoms with van der Waals surface area (Å²) in [5.74, 6) is 1.43. The molecule has 2 aromatic rings. The quantitative estimate of drug-likeness (QED) is 0.755. The van der Waals surface area contributed by atoms with Gasteiger partial charge in [-0.1, -0.05) is 0 Å². The maximum absolute atomic E-state index is 11.8. The van der Waals surface area contributed by atoms with Crippen molar-refractivity contribution in [3.8, 4) is 0 Å². The highest BCUT2D eigenvalue weighted by Gasteiger charge is 2.13. The van der Waals surface area contributed by atoms with Gasteiger partial charge in [0.25, 0.3) is 5.91 Å². The molecular formula is C13H16N2O4. The Morgan fingerprint density at radius 3 is 2.63 bits per heavy atom. The molecule has 0 saturated heterocycles. The van der Waals surface area contributed by atoms with Gasteiger partial charge in [-0.2, -0.15) is 0 Å². The van der Waals surface area contributed by atoms with Crippen LogP contribution in [-0.2, 0) is 13.1 Å². The third-order valence-corrected chi connectivity index (χ3v) is 2.60. The van der Waals surface area contributed by atoms with Crippen LogP contribution in [0.15, 0.2) is 33.1 Å². The van der Waals surface area contributed by atoms with Gasteiger partial charge in [0.2, 0.25) is 0 Å². The summed E-state index contributed by atoms with van der Waals surface area (Å²) in [6.45, 7) is 2.14. The molecule has 0 spiro atoms. The first-order chi connectivity index (χ1) is 9.10. The average molecular weight is 264 g/mol. The number of aliphatic hydroxyl groups excluding tert-OH is 1. The molecule has 0 aliphatic carbocycles. The van der Waals surface area contributed by atoms with E-state index in [9.17, 15) is 9.90 Å². The third-order valence-electron chi connectivity index (χ3n) is 2.60. The normalized spacial score (nSPS) is 12.4. The van der Waals surface area contributed by atoms with E-state index in [1.54, 1.807) is 25.1 Å². The molecule has 0 aliphatic rings. The molecule has 19 heavy (non-hydrogen) atoms. The Balaban J connectivity index is 1.93. The fraction of sp³-hybridized carbons (Fsp3) is 0.308. The number of furan rings is 2. The molecule has 0 bridgehead atoms. The van der Waals surface area contributed by atoms with Crippen molar-refractivity contribution in [2.45, 2.75) is 26.1 Å². The van der Waals surface area contributed by atoms with E-state index in [-0.39, 0.29) is 18.2 Å². The van der Waals surface area contributed by atoms with Crippen molar-refractivity contribution >= 4 is 5.91 Å². The number of nitrogens with one attached hydrogen (secondary N) is 1.